The zero-order valence-electron chi connectivity index (χ0n) is 13.6. The Kier molecular flexibility index (Phi) is 6.23. The van der Waals surface area contributed by atoms with E-state index in [2.05, 4.69) is 6.92 Å². The van der Waals surface area contributed by atoms with Crippen molar-refractivity contribution in [2.24, 2.45) is 0 Å². The average Bonchev–Trinajstić information content (AvgIpc) is 2.53. The molecule has 0 saturated heterocycles. The summed E-state index contributed by atoms with van der Waals surface area (Å²) >= 11 is 0. The van der Waals surface area contributed by atoms with Gasteiger partial charge < -0.3 is 9.84 Å². The second kappa shape index (κ2) is 8.17. The van der Waals surface area contributed by atoms with Crippen LogP contribution < -0.4 is 4.74 Å². The molecule has 24 heavy (non-hydrogen) atoms. The summed E-state index contributed by atoms with van der Waals surface area (Å²) in [6.07, 6.45) is 4.96. The predicted octanol–water partition coefficient (Wildman–Crippen LogP) is 4.55. The Morgan fingerprint density at radius 2 is 1.79 bits per heavy atom. The highest BCUT2D eigenvalue weighted by molar-refractivity contribution is 7.85. The van der Waals surface area contributed by atoms with Crippen LogP contribution in [0.3, 0.4) is 0 Å². The van der Waals surface area contributed by atoms with Crippen molar-refractivity contribution in [1.82, 2.24) is 0 Å². The highest BCUT2D eigenvalue weighted by Crippen LogP contribution is 2.33. The molecule has 6 heteroatoms. The Balaban J connectivity index is 2.22. The Bertz CT molecular complexity index is 784. The third-order valence-corrected chi connectivity index (χ3v) is 4.57. The number of phenolic OH excluding ortho intramolecular Hbond substituents is 1. The van der Waals surface area contributed by atoms with Gasteiger partial charge >= 0.3 is 0 Å². The normalized spacial score (nSPS) is 11.4. The van der Waals surface area contributed by atoms with E-state index in [0.29, 0.717) is 17.7 Å². The molecule has 0 radical (unpaired) electrons. The van der Waals surface area contributed by atoms with Crippen LogP contribution in [0.2, 0.25) is 0 Å². The third-order valence-electron chi connectivity index (χ3n) is 3.72. The molecule has 2 aromatic carbocycles. The van der Waals surface area contributed by atoms with Crippen molar-refractivity contribution >= 4 is 10.1 Å². The lowest BCUT2D eigenvalue weighted by Crippen LogP contribution is -1.98. The van der Waals surface area contributed by atoms with E-state index in [1.807, 2.05) is 0 Å². The highest BCUT2D eigenvalue weighted by Gasteiger charge is 2.13. The molecule has 0 aliphatic carbocycles. The van der Waals surface area contributed by atoms with Crippen molar-refractivity contribution in [3.63, 3.8) is 0 Å². The van der Waals surface area contributed by atoms with E-state index in [4.69, 9.17) is 9.29 Å². The summed E-state index contributed by atoms with van der Waals surface area (Å²) in [6, 6.07) is 10.6. The minimum atomic E-state index is -4.29. The maximum absolute atomic E-state index is 11.2. The Hall–Kier alpha value is -2.05. The zero-order chi connectivity index (χ0) is 17.6. The van der Waals surface area contributed by atoms with Gasteiger partial charge in [-0.3, -0.25) is 4.55 Å². The molecule has 2 aromatic rings. The van der Waals surface area contributed by atoms with Crippen LogP contribution in [0.15, 0.2) is 47.4 Å². The molecular weight excluding hydrogens is 328 g/mol. The van der Waals surface area contributed by atoms with Gasteiger partial charge in [0.15, 0.2) is 0 Å². The van der Waals surface area contributed by atoms with Gasteiger partial charge in [0.05, 0.1) is 4.90 Å². The molecule has 0 amide bonds. The van der Waals surface area contributed by atoms with E-state index in [1.54, 1.807) is 24.3 Å². The van der Waals surface area contributed by atoms with E-state index < -0.39 is 10.1 Å². The largest absolute Gasteiger partial charge is 0.508 e. The molecule has 130 valence electrons. The van der Waals surface area contributed by atoms with E-state index in [1.165, 1.54) is 18.2 Å². The topological polar surface area (TPSA) is 83.8 Å². The first-order chi connectivity index (χ1) is 11.4. The van der Waals surface area contributed by atoms with Crippen LogP contribution in [0.5, 0.6) is 17.2 Å². The smallest absolute Gasteiger partial charge is 0.294 e. The summed E-state index contributed by atoms with van der Waals surface area (Å²) in [5, 5.41) is 10.1. The monoisotopic (exact) mass is 350 g/mol. The SMILES string of the molecule is CCCCCCc1c(O)cccc1Oc1cccc(S(=O)(=O)O)c1. The molecule has 0 unspecified atom stereocenters. The van der Waals surface area contributed by atoms with Crippen molar-refractivity contribution in [3.8, 4) is 17.2 Å². The quantitative estimate of drug-likeness (QED) is 0.539. The van der Waals surface area contributed by atoms with E-state index in [-0.39, 0.29) is 16.4 Å². The molecule has 0 atom stereocenters. The first kappa shape index (κ1) is 18.3. The first-order valence-corrected chi connectivity index (χ1v) is 9.42. The second-order valence-corrected chi connectivity index (χ2v) is 7.04. The van der Waals surface area contributed by atoms with Crippen LogP contribution in [0, 0.1) is 0 Å². The van der Waals surface area contributed by atoms with Gasteiger partial charge in [0, 0.05) is 11.6 Å². The van der Waals surface area contributed by atoms with Crippen molar-refractivity contribution in [2.75, 3.05) is 0 Å². The van der Waals surface area contributed by atoms with Crippen molar-refractivity contribution in [1.29, 1.82) is 0 Å². The van der Waals surface area contributed by atoms with Crippen LogP contribution in [0.1, 0.15) is 38.2 Å². The van der Waals surface area contributed by atoms with Gasteiger partial charge in [-0.2, -0.15) is 8.42 Å². The summed E-state index contributed by atoms with van der Waals surface area (Å²) in [6.45, 7) is 2.14. The molecule has 0 heterocycles. The first-order valence-electron chi connectivity index (χ1n) is 7.98. The highest BCUT2D eigenvalue weighted by atomic mass is 32.2. The summed E-state index contributed by atoms with van der Waals surface area (Å²) in [5.74, 6) is 0.930. The fourth-order valence-corrected chi connectivity index (χ4v) is 2.97. The van der Waals surface area contributed by atoms with Gasteiger partial charge in [-0.05, 0) is 37.1 Å². The number of phenols is 1. The molecule has 0 aliphatic rings. The van der Waals surface area contributed by atoms with Crippen LogP contribution in [-0.2, 0) is 16.5 Å². The number of aromatic hydroxyl groups is 1. The van der Waals surface area contributed by atoms with Gasteiger partial charge in [-0.25, -0.2) is 0 Å². The Morgan fingerprint density at radius 1 is 1.04 bits per heavy atom. The summed E-state index contributed by atoms with van der Waals surface area (Å²) in [4.78, 5) is -0.232. The number of rotatable bonds is 8. The van der Waals surface area contributed by atoms with Crippen LogP contribution in [0.25, 0.3) is 0 Å². The number of hydrogen-bond acceptors (Lipinski definition) is 4. The minimum absolute atomic E-state index is 0.162. The number of hydrogen-bond donors (Lipinski definition) is 2. The van der Waals surface area contributed by atoms with Gasteiger partial charge in [-0.15, -0.1) is 0 Å². The summed E-state index contributed by atoms with van der Waals surface area (Å²) < 4.78 is 37.3. The molecular formula is C18H22O5S. The molecule has 0 aromatic heterocycles. The lowest BCUT2D eigenvalue weighted by Gasteiger charge is -2.13. The average molecular weight is 350 g/mol. The fraction of sp³-hybridized carbons (Fsp3) is 0.333. The molecule has 2 rings (SSSR count). The van der Waals surface area contributed by atoms with Crippen molar-refractivity contribution < 1.29 is 22.8 Å². The standard InChI is InChI=1S/C18H22O5S/c1-2-3-4-5-10-16-17(19)11-7-12-18(16)23-14-8-6-9-15(13-14)24(20,21)22/h6-9,11-13,19H,2-5,10H2,1H3,(H,20,21,22). The second-order valence-electron chi connectivity index (χ2n) is 5.62. The molecule has 0 fully saturated rings. The molecule has 2 N–H and O–H groups in total. The third kappa shape index (κ3) is 4.97. The maximum Gasteiger partial charge on any atom is 0.294 e. The van der Waals surface area contributed by atoms with Crippen molar-refractivity contribution in [2.45, 2.75) is 43.9 Å². The number of benzene rings is 2. The lowest BCUT2D eigenvalue weighted by molar-refractivity contribution is 0.439. The summed E-state index contributed by atoms with van der Waals surface area (Å²) in [5.41, 5.74) is 0.700. The maximum atomic E-state index is 11.2. The van der Waals surface area contributed by atoms with Gasteiger partial charge in [0.1, 0.15) is 17.2 Å². The fourth-order valence-electron chi connectivity index (χ4n) is 2.45. The van der Waals surface area contributed by atoms with Gasteiger partial charge in [0.25, 0.3) is 10.1 Å². The predicted molar refractivity (Wildman–Crippen MR) is 92.3 cm³/mol. The molecule has 0 spiro atoms. The Labute approximate surface area is 142 Å². The number of ether oxygens (including phenoxy) is 1. The zero-order valence-corrected chi connectivity index (χ0v) is 14.4. The Morgan fingerprint density at radius 3 is 2.50 bits per heavy atom. The minimum Gasteiger partial charge on any atom is -0.508 e. The van der Waals surface area contributed by atoms with Gasteiger partial charge in [-0.1, -0.05) is 38.3 Å². The van der Waals surface area contributed by atoms with E-state index in [0.717, 1.165) is 25.7 Å². The van der Waals surface area contributed by atoms with E-state index in [9.17, 15) is 13.5 Å². The molecule has 0 aliphatic heterocycles. The van der Waals surface area contributed by atoms with Crippen LogP contribution >= 0.6 is 0 Å². The lowest BCUT2D eigenvalue weighted by atomic mass is 10.0. The van der Waals surface area contributed by atoms with Gasteiger partial charge in [0.2, 0.25) is 0 Å². The molecule has 5 nitrogen and oxygen atoms in total. The van der Waals surface area contributed by atoms with Crippen LogP contribution in [-0.4, -0.2) is 18.1 Å². The van der Waals surface area contributed by atoms with E-state index >= 15 is 0 Å². The van der Waals surface area contributed by atoms with Crippen LogP contribution in [0.4, 0.5) is 0 Å². The number of unbranched alkanes of at least 4 members (excludes halogenated alkanes) is 3. The van der Waals surface area contributed by atoms with Crippen molar-refractivity contribution in [3.05, 3.63) is 48.0 Å². The molecule has 0 saturated carbocycles. The molecule has 0 bridgehead atoms. The summed E-state index contributed by atoms with van der Waals surface area (Å²) in [7, 11) is -4.29.